The van der Waals surface area contributed by atoms with Crippen LogP contribution in [-0.4, -0.2) is 35.8 Å². The minimum Gasteiger partial charge on any atom is -0.351 e. The van der Waals surface area contributed by atoms with E-state index < -0.39 is 0 Å². The van der Waals surface area contributed by atoms with Crippen LogP contribution < -0.4 is 5.32 Å². The largest absolute Gasteiger partial charge is 0.351 e. The van der Waals surface area contributed by atoms with E-state index in [0.717, 1.165) is 19.4 Å². The molecule has 0 saturated heterocycles. The van der Waals surface area contributed by atoms with E-state index in [-0.39, 0.29) is 17.8 Å². The summed E-state index contributed by atoms with van der Waals surface area (Å²) >= 11 is 5.60. The maximum Gasteiger partial charge on any atom is 0.235 e. The van der Waals surface area contributed by atoms with Gasteiger partial charge in [0.2, 0.25) is 5.91 Å². The van der Waals surface area contributed by atoms with Gasteiger partial charge in [-0.15, -0.1) is 11.6 Å². The number of amides is 1. The highest BCUT2D eigenvalue weighted by Gasteiger charge is 2.29. The SMILES string of the molecule is CN(Cc1ccccc1)[C@@H]1CCCC[C@@H]1NC(=O)CCl. The summed E-state index contributed by atoms with van der Waals surface area (Å²) < 4.78 is 0. The fourth-order valence-electron chi connectivity index (χ4n) is 3.04. The standard InChI is InChI=1S/C16H23ClN2O/c1-19(12-13-7-3-2-4-8-13)15-10-6-5-9-14(15)18-16(20)11-17/h2-4,7-8,14-15H,5-6,9-12H2,1H3,(H,18,20)/t14-,15+/m0/s1. The zero-order valence-electron chi connectivity index (χ0n) is 12.0. The molecule has 3 nitrogen and oxygen atoms in total. The van der Waals surface area contributed by atoms with Crippen molar-refractivity contribution in [1.29, 1.82) is 0 Å². The second-order valence-corrected chi connectivity index (χ2v) is 5.83. The number of nitrogens with one attached hydrogen (secondary N) is 1. The van der Waals surface area contributed by atoms with Crippen molar-refractivity contribution >= 4 is 17.5 Å². The van der Waals surface area contributed by atoms with Gasteiger partial charge < -0.3 is 5.32 Å². The first-order valence-electron chi connectivity index (χ1n) is 7.30. The Morgan fingerprint density at radius 3 is 2.70 bits per heavy atom. The number of hydrogen-bond donors (Lipinski definition) is 1. The Labute approximate surface area is 126 Å². The van der Waals surface area contributed by atoms with Crippen LogP contribution in [0.1, 0.15) is 31.2 Å². The van der Waals surface area contributed by atoms with Gasteiger partial charge in [0.05, 0.1) is 0 Å². The first-order chi connectivity index (χ1) is 9.70. The Morgan fingerprint density at radius 1 is 1.30 bits per heavy atom. The van der Waals surface area contributed by atoms with E-state index >= 15 is 0 Å². The van der Waals surface area contributed by atoms with Crippen molar-refractivity contribution in [3.8, 4) is 0 Å². The molecule has 0 spiro atoms. The number of carbonyl (C=O) groups excluding carboxylic acids is 1. The Balaban J connectivity index is 1.98. The highest BCUT2D eigenvalue weighted by Crippen LogP contribution is 2.23. The van der Waals surface area contributed by atoms with Crippen LogP contribution in [0.5, 0.6) is 0 Å². The molecule has 4 heteroatoms. The molecule has 0 unspecified atom stereocenters. The van der Waals surface area contributed by atoms with Crippen molar-refractivity contribution in [2.75, 3.05) is 12.9 Å². The number of hydrogen-bond acceptors (Lipinski definition) is 2. The maximum atomic E-state index is 11.5. The highest BCUT2D eigenvalue weighted by molar-refractivity contribution is 6.27. The van der Waals surface area contributed by atoms with Crippen LogP contribution in [0.3, 0.4) is 0 Å². The van der Waals surface area contributed by atoms with Gasteiger partial charge in [-0.05, 0) is 25.5 Å². The normalized spacial score (nSPS) is 22.8. The summed E-state index contributed by atoms with van der Waals surface area (Å²) in [6.45, 7) is 0.915. The molecule has 0 bridgehead atoms. The number of carbonyl (C=O) groups is 1. The fourth-order valence-corrected chi connectivity index (χ4v) is 3.12. The van der Waals surface area contributed by atoms with Crippen molar-refractivity contribution in [3.05, 3.63) is 35.9 Å². The van der Waals surface area contributed by atoms with Gasteiger partial charge in [-0.3, -0.25) is 9.69 Å². The predicted molar refractivity (Wildman–Crippen MR) is 82.8 cm³/mol. The zero-order chi connectivity index (χ0) is 14.4. The van der Waals surface area contributed by atoms with Gasteiger partial charge in [0, 0.05) is 18.6 Å². The first-order valence-corrected chi connectivity index (χ1v) is 7.83. The third-order valence-corrected chi connectivity index (χ3v) is 4.28. The average Bonchev–Trinajstić information content (AvgIpc) is 2.48. The van der Waals surface area contributed by atoms with E-state index in [0.29, 0.717) is 6.04 Å². The van der Waals surface area contributed by atoms with Gasteiger partial charge in [0.1, 0.15) is 5.88 Å². The van der Waals surface area contributed by atoms with Gasteiger partial charge in [0.15, 0.2) is 0 Å². The Bertz CT molecular complexity index is 424. The summed E-state index contributed by atoms with van der Waals surface area (Å²) in [7, 11) is 2.14. The van der Waals surface area contributed by atoms with Crippen LogP contribution in [0.2, 0.25) is 0 Å². The van der Waals surface area contributed by atoms with Crippen LogP contribution in [-0.2, 0) is 11.3 Å². The number of benzene rings is 1. The molecular weight excluding hydrogens is 272 g/mol. The van der Waals surface area contributed by atoms with E-state index in [4.69, 9.17) is 11.6 Å². The van der Waals surface area contributed by atoms with Crippen molar-refractivity contribution in [3.63, 3.8) is 0 Å². The molecule has 1 aliphatic carbocycles. The summed E-state index contributed by atoms with van der Waals surface area (Å²) in [4.78, 5) is 13.9. The number of likely N-dealkylation sites (N-methyl/N-ethyl adjacent to an activating group) is 1. The van der Waals surface area contributed by atoms with E-state index in [2.05, 4.69) is 41.5 Å². The lowest BCUT2D eigenvalue weighted by molar-refractivity contribution is -0.120. The first kappa shape index (κ1) is 15.3. The molecule has 1 N–H and O–H groups in total. The van der Waals surface area contributed by atoms with Crippen LogP contribution in [0.4, 0.5) is 0 Å². The average molecular weight is 295 g/mol. The van der Waals surface area contributed by atoms with Crippen LogP contribution >= 0.6 is 11.6 Å². The van der Waals surface area contributed by atoms with Gasteiger partial charge in [-0.2, -0.15) is 0 Å². The lowest BCUT2D eigenvalue weighted by Crippen LogP contribution is -2.52. The number of halogens is 1. The molecule has 2 rings (SSSR count). The molecule has 0 heterocycles. The van der Waals surface area contributed by atoms with Crippen molar-refractivity contribution in [2.45, 2.75) is 44.3 Å². The molecule has 0 aromatic heterocycles. The Kier molecular flexibility index (Phi) is 5.86. The number of nitrogens with zero attached hydrogens (tertiary/aromatic N) is 1. The number of alkyl halides is 1. The smallest absolute Gasteiger partial charge is 0.235 e. The fraction of sp³-hybridized carbons (Fsp3) is 0.562. The van der Waals surface area contributed by atoms with Crippen LogP contribution in [0.15, 0.2) is 30.3 Å². The van der Waals surface area contributed by atoms with E-state index in [9.17, 15) is 4.79 Å². The van der Waals surface area contributed by atoms with Gasteiger partial charge in [-0.25, -0.2) is 0 Å². The molecule has 20 heavy (non-hydrogen) atoms. The lowest BCUT2D eigenvalue weighted by atomic mass is 9.89. The van der Waals surface area contributed by atoms with Gasteiger partial charge in [-0.1, -0.05) is 43.2 Å². The zero-order valence-corrected chi connectivity index (χ0v) is 12.8. The second kappa shape index (κ2) is 7.65. The van der Waals surface area contributed by atoms with Crippen molar-refractivity contribution < 1.29 is 4.79 Å². The third-order valence-electron chi connectivity index (χ3n) is 4.04. The predicted octanol–water partition coefficient (Wildman–Crippen LogP) is 2.78. The van der Waals surface area contributed by atoms with Crippen molar-refractivity contribution in [2.24, 2.45) is 0 Å². The Hall–Kier alpha value is -1.06. The van der Waals surface area contributed by atoms with E-state index in [1.807, 2.05) is 6.07 Å². The summed E-state index contributed by atoms with van der Waals surface area (Å²) in [6, 6.07) is 11.1. The van der Waals surface area contributed by atoms with E-state index in [1.165, 1.54) is 18.4 Å². The molecule has 1 saturated carbocycles. The summed E-state index contributed by atoms with van der Waals surface area (Å²) in [6.07, 6.45) is 4.60. The van der Waals surface area contributed by atoms with Crippen molar-refractivity contribution in [1.82, 2.24) is 10.2 Å². The molecule has 1 aliphatic rings. The summed E-state index contributed by atoms with van der Waals surface area (Å²) in [5.74, 6) is -0.0114. The highest BCUT2D eigenvalue weighted by atomic mass is 35.5. The molecule has 0 radical (unpaired) electrons. The Morgan fingerprint density at radius 2 is 2.00 bits per heavy atom. The van der Waals surface area contributed by atoms with Gasteiger partial charge in [0.25, 0.3) is 0 Å². The molecular formula is C16H23ClN2O. The number of rotatable bonds is 5. The molecule has 0 aliphatic heterocycles. The summed E-state index contributed by atoms with van der Waals surface area (Å²) in [5, 5.41) is 3.07. The molecule has 1 aromatic carbocycles. The maximum absolute atomic E-state index is 11.5. The molecule has 1 fully saturated rings. The minimum absolute atomic E-state index is 0.0472. The van der Waals surface area contributed by atoms with Crippen LogP contribution in [0, 0.1) is 0 Å². The third kappa shape index (κ3) is 4.22. The topological polar surface area (TPSA) is 32.3 Å². The molecule has 1 aromatic rings. The van der Waals surface area contributed by atoms with Crippen LogP contribution in [0.25, 0.3) is 0 Å². The molecule has 110 valence electrons. The molecule has 2 atom stereocenters. The molecule has 1 amide bonds. The van der Waals surface area contributed by atoms with E-state index in [1.54, 1.807) is 0 Å². The summed E-state index contributed by atoms with van der Waals surface area (Å²) in [5.41, 5.74) is 1.31. The second-order valence-electron chi connectivity index (χ2n) is 5.56. The van der Waals surface area contributed by atoms with Gasteiger partial charge >= 0.3 is 0 Å². The monoisotopic (exact) mass is 294 g/mol. The lowest BCUT2D eigenvalue weighted by Gasteiger charge is -2.38. The quantitative estimate of drug-likeness (QED) is 0.847. The minimum atomic E-state index is -0.0586.